The van der Waals surface area contributed by atoms with Gasteiger partial charge in [-0.15, -0.1) is 10.2 Å². The van der Waals surface area contributed by atoms with Crippen LogP contribution in [0.2, 0.25) is 0 Å². The summed E-state index contributed by atoms with van der Waals surface area (Å²) >= 11 is 0. The summed E-state index contributed by atoms with van der Waals surface area (Å²) in [6.45, 7) is 9.80. The second kappa shape index (κ2) is 10.00. The summed E-state index contributed by atoms with van der Waals surface area (Å²) in [5.74, 6) is 2.80. The molecule has 31 heavy (non-hydrogen) atoms. The highest BCUT2D eigenvalue weighted by Crippen LogP contribution is 2.24. The van der Waals surface area contributed by atoms with Gasteiger partial charge in [0.2, 0.25) is 11.9 Å². The molecule has 2 aromatic rings. The molecule has 0 N–H and O–H groups in total. The Morgan fingerprint density at radius 1 is 1.10 bits per heavy atom. The maximum absolute atomic E-state index is 12.6. The van der Waals surface area contributed by atoms with E-state index < -0.39 is 0 Å². The zero-order valence-corrected chi connectivity index (χ0v) is 19.4. The van der Waals surface area contributed by atoms with Crippen molar-refractivity contribution >= 4 is 11.9 Å². The molecule has 0 aliphatic carbocycles. The number of anilines is 1. The first-order valence-electron chi connectivity index (χ1n) is 10.7. The predicted octanol–water partition coefficient (Wildman–Crippen LogP) is 1.87. The first-order chi connectivity index (χ1) is 14.8. The lowest BCUT2D eigenvalue weighted by Crippen LogP contribution is -2.57. The van der Waals surface area contributed by atoms with Crippen LogP contribution in [-0.2, 0) is 17.9 Å². The Hall–Kier alpha value is -2.81. The van der Waals surface area contributed by atoms with E-state index in [1.165, 1.54) is 0 Å². The fourth-order valence-corrected chi connectivity index (χ4v) is 3.82. The second-order valence-electron chi connectivity index (χ2n) is 8.19. The molecule has 9 heteroatoms. The van der Waals surface area contributed by atoms with Gasteiger partial charge in [-0.2, -0.15) is 0 Å². The van der Waals surface area contributed by atoms with Crippen molar-refractivity contribution in [3.63, 3.8) is 0 Å². The van der Waals surface area contributed by atoms with Crippen molar-refractivity contribution in [1.29, 1.82) is 0 Å². The molecule has 1 aliphatic rings. The molecule has 0 saturated carbocycles. The van der Waals surface area contributed by atoms with Gasteiger partial charge in [-0.05, 0) is 44.7 Å². The molecule has 1 aromatic heterocycles. The summed E-state index contributed by atoms with van der Waals surface area (Å²) < 4.78 is 13.0. The standard InChI is InChI=1S/C22H34N6O3/c1-7-26-12-17(3)27(13-16(26)2)22-24-23-20(28(22)14-21(29)25(4)5)15-31-19-10-8-18(30-6)9-11-19/h8-11,16-17H,7,12-15H2,1-6H3. The van der Waals surface area contributed by atoms with Crippen LogP contribution in [0.4, 0.5) is 5.95 Å². The van der Waals surface area contributed by atoms with Crippen molar-refractivity contribution < 1.29 is 14.3 Å². The van der Waals surface area contributed by atoms with Crippen molar-refractivity contribution in [2.75, 3.05) is 45.7 Å². The van der Waals surface area contributed by atoms with Gasteiger partial charge in [0.05, 0.1) is 7.11 Å². The van der Waals surface area contributed by atoms with Crippen LogP contribution in [0.25, 0.3) is 0 Å². The molecule has 3 rings (SSSR count). The number of nitrogens with zero attached hydrogens (tertiary/aromatic N) is 6. The van der Waals surface area contributed by atoms with E-state index in [9.17, 15) is 4.79 Å². The third kappa shape index (κ3) is 5.28. The van der Waals surface area contributed by atoms with Crippen molar-refractivity contribution in [3.8, 4) is 11.5 Å². The summed E-state index contributed by atoms with van der Waals surface area (Å²) in [6, 6.07) is 8.05. The number of methoxy groups -OCH3 is 1. The fraction of sp³-hybridized carbons (Fsp3) is 0.591. The molecule has 2 unspecified atom stereocenters. The van der Waals surface area contributed by atoms with Gasteiger partial charge >= 0.3 is 0 Å². The summed E-state index contributed by atoms with van der Waals surface area (Å²) in [4.78, 5) is 18.8. The Bertz CT molecular complexity index is 867. The van der Waals surface area contributed by atoms with Crippen LogP contribution in [0, 0.1) is 0 Å². The summed E-state index contributed by atoms with van der Waals surface area (Å²) in [6.07, 6.45) is 0. The van der Waals surface area contributed by atoms with E-state index in [0.717, 1.165) is 31.3 Å². The van der Waals surface area contributed by atoms with E-state index >= 15 is 0 Å². The lowest BCUT2D eigenvalue weighted by Gasteiger charge is -2.44. The highest BCUT2D eigenvalue weighted by molar-refractivity contribution is 5.75. The van der Waals surface area contributed by atoms with Crippen LogP contribution in [0.1, 0.15) is 26.6 Å². The normalized spacial score (nSPS) is 19.4. The molecule has 170 valence electrons. The molecule has 1 aromatic carbocycles. The van der Waals surface area contributed by atoms with Crippen molar-refractivity contribution in [3.05, 3.63) is 30.1 Å². The maximum atomic E-state index is 12.6. The highest BCUT2D eigenvalue weighted by atomic mass is 16.5. The summed E-state index contributed by atoms with van der Waals surface area (Å²) in [5.41, 5.74) is 0. The van der Waals surface area contributed by atoms with Crippen molar-refractivity contribution in [1.82, 2.24) is 24.6 Å². The second-order valence-corrected chi connectivity index (χ2v) is 8.19. The van der Waals surface area contributed by atoms with Crippen molar-refractivity contribution in [2.45, 2.75) is 46.0 Å². The largest absolute Gasteiger partial charge is 0.497 e. The Morgan fingerprint density at radius 2 is 1.77 bits per heavy atom. The summed E-state index contributed by atoms with van der Waals surface area (Å²) in [7, 11) is 5.14. The van der Waals surface area contributed by atoms with Gasteiger partial charge in [-0.25, -0.2) is 0 Å². The Labute approximate surface area is 184 Å². The molecule has 1 fully saturated rings. The van der Waals surface area contributed by atoms with Crippen LogP contribution in [0.5, 0.6) is 11.5 Å². The number of amides is 1. The number of benzene rings is 1. The number of carbonyl (C=O) groups is 1. The molecule has 0 bridgehead atoms. The molecular formula is C22H34N6O3. The first kappa shape index (κ1) is 22.9. The summed E-state index contributed by atoms with van der Waals surface area (Å²) in [5, 5.41) is 8.87. The molecule has 1 aliphatic heterocycles. The number of hydrogen-bond donors (Lipinski definition) is 0. The Kier molecular flexibility index (Phi) is 7.37. The quantitative estimate of drug-likeness (QED) is 0.633. The SMILES string of the molecule is CCN1CC(C)N(c2nnc(COc3ccc(OC)cc3)n2CC(=O)N(C)C)CC1C. The van der Waals surface area contributed by atoms with Crippen LogP contribution in [0.15, 0.2) is 24.3 Å². The molecule has 0 radical (unpaired) electrons. The third-order valence-electron chi connectivity index (χ3n) is 5.81. The fourth-order valence-electron chi connectivity index (χ4n) is 3.82. The van der Waals surface area contributed by atoms with Crippen LogP contribution in [-0.4, -0.2) is 83.4 Å². The van der Waals surface area contributed by atoms with Gasteiger partial charge in [0.25, 0.3) is 0 Å². The van der Waals surface area contributed by atoms with Gasteiger partial charge in [0, 0.05) is 39.3 Å². The number of piperazine rings is 1. The zero-order chi connectivity index (χ0) is 22.5. The van der Waals surface area contributed by atoms with Gasteiger partial charge in [-0.3, -0.25) is 14.3 Å². The zero-order valence-electron chi connectivity index (χ0n) is 19.4. The molecule has 2 atom stereocenters. The molecular weight excluding hydrogens is 396 g/mol. The van der Waals surface area contributed by atoms with E-state index in [1.807, 2.05) is 28.8 Å². The molecule has 1 saturated heterocycles. The number of aromatic nitrogens is 3. The number of hydrogen-bond acceptors (Lipinski definition) is 7. The number of likely N-dealkylation sites (N-methyl/N-ethyl adjacent to an activating group) is 2. The lowest BCUT2D eigenvalue weighted by molar-refractivity contribution is -0.129. The van der Waals surface area contributed by atoms with E-state index in [0.29, 0.717) is 17.6 Å². The van der Waals surface area contributed by atoms with E-state index in [4.69, 9.17) is 9.47 Å². The van der Waals surface area contributed by atoms with Gasteiger partial charge in [0.1, 0.15) is 24.7 Å². The highest BCUT2D eigenvalue weighted by Gasteiger charge is 2.32. The topological polar surface area (TPSA) is 76.0 Å². The number of ether oxygens (including phenoxy) is 2. The minimum Gasteiger partial charge on any atom is -0.497 e. The first-order valence-corrected chi connectivity index (χ1v) is 10.7. The number of rotatable bonds is 8. The average Bonchev–Trinajstić information content (AvgIpc) is 3.15. The molecule has 1 amide bonds. The van der Waals surface area contributed by atoms with E-state index in [1.54, 1.807) is 26.1 Å². The molecule has 0 spiro atoms. The minimum atomic E-state index is -0.0142. The van der Waals surface area contributed by atoms with E-state index in [-0.39, 0.29) is 25.1 Å². The predicted molar refractivity (Wildman–Crippen MR) is 120 cm³/mol. The smallest absolute Gasteiger partial charge is 0.242 e. The Balaban J connectivity index is 1.83. The lowest BCUT2D eigenvalue weighted by atomic mass is 10.1. The van der Waals surface area contributed by atoms with Gasteiger partial charge in [-0.1, -0.05) is 6.92 Å². The van der Waals surface area contributed by atoms with Crippen LogP contribution in [0.3, 0.4) is 0 Å². The maximum Gasteiger partial charge on any atom is 0.242 e. The molecule has 9 nitrogen and oxygen atoms in total. The third-order valence-corrected chi connectivity index (χ3v) is 5.81. The van der Waals surface area contributed by atoms with Crippen molar-refractivity contribution in [2.24, 2.45) is 0 Å². The van der Waals surface area contributed by atoms with Crippen LogP contribution >= 0.6 is 0 Å². The minimum absolute atomic E-state index is 0.0142. The van der Waals surface area contributed by atoms with Crippen LogP contribution < -0.4 is 14.4 Å². The average molecular weight is 431 g/mol. The van der Waals surface area contributed by atoms with Gasteiger partial charge < -0.3 is 19.3 Å². The Morgan fingerprint density at radius 3 is 2.39 bits per heavy atom. The van der Waals surface area contributed by atoms with Gasteiger partial charge in [0.15, 0.2) is 5.82 Å². The van der Waals surface area contributed by atoms with E-state index in [2.05, 4.69) is 40.8 Å². The number of carbonyl (C=O) groups excluding carboxylic acids is 1. The monoisotopic (exact) mass is 430 g/mol. The molecule has 2 heterocycles.